The van der Waals surface area contributed by atoms with Crippen molar-refractivity contribution < 1.29 is 14.3 Å². The molecule has 4 aliphatic rings. The van der Waals surface area contributed by atoms with Gasteiger partial charge in [-0.1, -0.05) is 62.4 Å². The number of nitrogens with zero attached hydrogens (tertiary/aromatic N) is 3. The summed E-state index contributed by atoms with van der Waals surface area (Å²) in [7, 11) is 1.32. The normalized spacial score (nSPS) is 23.7. The van der Waals surface area contributed by atoms with Crippen molar-refractivity contribution in [2.24, 2.45) is 17.3 Å². The zero-order valence-electron chi connectivity index (χ0n) is 29.4. The molecule has 9 rings (SSSR count). The largest absolute Gasteiger partial charge is 0.453 e. The molecular weight excluding hydrogens is 638 g/mol. The number of ether oxygens (including phenoxy) is 1. The van der Waals surface area contributed by atoms with Gasteiger partial charge in [-0.15, -0.1) is 0 Å². The van der Waals surface area contributed by atoms with Crippen molar-refractivity contribution in [2.45, 2.75) is 76.5 Å². The summed E-state index contributed by atoms with van der Waals surface area (Å²) in [5.41, 5.74) is 6.65. The van der Waals surface area contributed by atoms with Crippen LogP contribution in [-0.2, 0) is 9.53 Å². The molecule has 3 unspecified atom stereocenters. The Balaban J connectivity index is 0.912. The Morgan fingerprint density at radius 3 is 2.18 bits per heavy atom. The van der Waals surface area contributed by atoms with Gasteiger partial charge in [-0.3, -0.25) is 4.79 Å². The molecule has 4 N–H and O–H groups in total. The van der Waals surface area contributed by atoms with Crippen molar-refractivity contribution in [3.05, 3.63) is 84.7 Å². The van der Waals surface area contributed by atoms with Gasteiger partial charge >= 0.3 is 6.09 Å². The van der Waals surface area contributed by atoms with Gasteiger partial charge in [-0.05, 0) is 95.4 Å². The molecule has 10 nitrogen and oxygen atoms in total. The average molecular weight is 684 g/mol. The Bertz CT molecular complexity index is 2110. The Hall–Kier alpha value is -4.96. The maximum Gasteiger partial charge on any atom is 0.407 e. The van der Waals surface area contributed by atoms with Gasteiger partial charge in [0.05, 0.1) is 43.0 Å². The van der Waals surface area contributed by atoms with E-state index in [0.717, 1.165) is 64.2 Å². The molecule has 4 fully saturated rings. The minimum Gasteiger partial charge on any atom is -0.453 e. The summed E-state index contributed by atoms with van der Waals surface area (Å²) in [6.45, 7) is 4.56. The predicted octanol–water partition coefficient (Wildman–Crippen LogP) is 7.53. The van der Waals surface area contributed by atoms with Crippen molar-refractivity contribution in [3.63, 3.8) is 0 Å². The van der Waals surface area contributed by atoms with Crippen LogP contribution in [0.1, 0.15) is 76.1 Å². The van der Waals surface area contributed by atoms with E-state index in [1.165, 1.54) is 37.5 Å². The lowest BCUT2D eigenvalue weighted by Crippen LogP contribution is -2.51. The number of carbonyl (C=O) groups excluding carboxylic acids is 2. The number of fused-ring (bicyclic) bond motifs is 3. The summed E-state index contributed by atoms with van der Waals surface area (Å²) in [5.74, 6) is 2.39. The molecule has 2 aromatic heterocycles. The number of hydrogen-bond acceptors (Lipinski definition) is 6. The fraction of sp³-hybridized carbons (Fsp3) is 0.415. The highest BCUT2D eigenvalue weighted by atomic mass is 16.5. The number of aromatic nitrogens is 4. The quantitative estimate of drug-likeness (QED) is 0.134. The molecule has 2 saturated heterocycles. The van der Waals surface area contributed by atoms with Crippen LogP contribution in [0.5, 0.6) is 0 Å². The predicted molar refractivity (Wildman–Crippen MR) is 196 cm³/mol. The number of methoxy groups -OCH3 is 1. The second-order valence-corrected chi connectivity index (χ2v) is 15.7. The topological polar surface area (TPSA) is 128 Å². The summed E-state index contributed by atoms with van der Waals surface area (Å²) in [5, 5.41) is 8.81. The molecule has 4 heterocycles. The lowest BCUT2D eigenvalue weighted by Gasteiger charge is -2.30. The molecule has 2 aliphatic carbocycles. The fourth-order valence-corrected chi connectivity index (χ4v) is 8.84. The number of aromatic amines is 2. The molecule has 1 spiro atoms. The van der Waals surface area contributed by atoms with Gasteiger partial charge in [0.15, 0.2) is 0 Å². The smallest absolute Gasteiger partial charge is 0.407 e. The van der Waals surface area contributed by atoms with Crippen LogP contribution in [0.2, 0.25) is 0 Å². The second kappa shape index (κ2) is 12.4. The Labute approximate surface area is 297 Å². The maximum atomic E-state index is 13.8. The van der Waals surface area contributed by atoms with Gasteiger partial charge in [-0.25, -0.2) is 14.8 Å². The van der Waals surface area contributed by atoms with Crippen molar-refractivity contribution in [1.29, 1.82) is 0 Å². The van der Waals surface area contributed by atoms with Gasteiger partial charge in [0.1, 0.15) is 17.7 Å². The lowest BCUT2D eigenvalue weighted by atomic mass is 9.98. The van der Waals surface area contributed by atoms with Gasteiger partial charge in [0, 0.05) is 18.2 Å². The molecular formula is C41H45N7O3. The summed E-state index contributed by atoms with van der Waals surface area (Å²) < 4.78 is 4.82. The average Bonchev–Trinajstić information content (AvgIpc) is 3.79. The maximum absolute atomic E-state index is 13.8. The van der Waals surface area contributed by atoms with Gasteiger partial charge in [-0.2, -0.15) is 0 Å². The highest BCUT2D eigenvalue weighted by molar-refractivity contribution is 5.91. The third-order valence-corrected chi connectivity index (χ3v) is 12.0. The van der Waals surface area contributed by atoms with Crippen LogP contribution in [0, 0.1) is 17.3 Å². The minimum atomic E-state index is -0.662. The van der Waals surface area contributed by atoms with E-state index >= 15 is 0 Å². The Kier molecular flexibility index (Phi) is 7.76. The highest BCUT2D eigenvalue weighted by Gasteiger charge is 2.55. The highest BCUT2D eigenvalue weighted by Crippen LogP contribution is 2.58. The number of rotatable bonds is 8. The molecule has 262 valence electrons. The van der Waals surface area contributed by atoms with Crippen molar-refractivity contribution in [2.75, 3.05) is 13.7 Å². The molecule has 2 amide bonds. The van der Waals surface area contributed by atoms with Crippen LogP contribution in [-0.4, -0.2) is 62.6 Å². The number of piperidine rings is 1. The zero-order chi connectivity index (χ0) is 34.9. The summed E-state index contributed by atoms with van der Waals surface area (Å²) in [4.78, 5) is 44.5. The summed E-state index contributed by atoms with van der Waals surface area (Å²) in [6.07, 6.45) is 10.2. The van der Waals surface area contributed by atoms with E-state index in [1.54, 1.807) is 0 Å². The summed E-state index contributed by atoms with van der Waals surface area (Å²) >= 11 is 0. The lowest BCUT2D eigenvalue weighted by molar-refractivity contribution is -0.135. The number of nitrogens with one attached hydrogen (secondary N) is 4. The molecule has 2 aliphatic heterocycles. The van der Waals surface area contributed by atoms with E-state index in [9.17, 15) is 9.59 Å². The zero-order valence-corrected chi connectivity index (χ0v) is 29.4. The Morgan fingerprint density at radius 2 is 1.51 bits per heavy atom. The number of benzene rings is 3. The molecule has 10 heteroatoms. The molecule has 3 aromatic carbocycles. The van der Waals surface area contributed by atoms with E-state index in [-0.39, 0.29) is 23.3 Å². The minimum absolute atomic E-state index is 0.0813. The first-order valence-corrected chi connectivity index (χ1v) is 18.4. The van der Waals surface area contributed by atoms with Crippen LogP contribution in [0.4, 0.5) is 4.79 Å². The number of carbonyl (C=O) groups is 2. The van der Waals surface area contributed by atoms with E-state index in [2.05, 4.69) is 81.3 Å². The molecule has 51 heavy (non-hydrogen) atoms. The first-order chi connectivity index (χ1) is 24.8. The number of imidazole rings is 2. The second-order valence-electron chi connectivity index (χ2n) is 15.7. The number of alkyl carbamates (subject to hydrolysis) is 1. The number of hydrogen-bond donors (Lipinski definition) is 4. The molecule has 2 saturated carbocycles. The van der Waals surface area contributed by atoms with Gasteiger partial charge in [0.2, 0.25) is 5.91 Å². The van der Waals surface area contributed by atoms with Crippen LogP contribution >= 0.6 is 0 Å². The van der Waals surface area contributed by atoms with E-state index in [0.29, 0.717) is 24.5 Å². The van der Waals surface area contributed by atoms with Crippen LogP contribution < -0.4 is 10.6 Å². The molecule has 0 radical (unpaired) electrons. The van der Waals surface area contributed by atoms with Gasteiger partial charge < -0.3 is 30.2 Å². The number of likely N-dealkylation sites (tertiary alicyclic amines) is 1. The van der Waals surface area contributed by atoms with Crippen LogP contribution in [0.3, 0.4) is 0 Å². The Morgan fingerprint density at radius 1 is 0.863 bits per heavy atom. The van der Waals surface area contributed by atoms with E-state index in [4.69, 9.17) is 14.7 Å². The monoisotopic (exact) mass is 683 g/mol. The SMILES string of the molecule is COC(=O)N[C@H](C(=O)N1CC2(CC2)C[C@H]1c1ncc(-c2ccc3cc(-c4ccc(-c5cnc(C6NC7CCC6C7)[nH]5)cc4)ccc3c2)[nH]1)C(C)C. The molecule has 2 bridgehead atoms. The van der Waals surface area contributed by atoms with Crippen molar-refractivity contribution in [1.82, 2.24) is 35.5 Å². The third-order valence-electron chi connectivity index (χ3n) is 12.0. The van der Waals surface area contributed by atoms with E-state index in [1.807, 2.05) is 31.1 Å². The first kappa shape index (κ1) is 32.0. The molecule has 5 aromatic rings. The fourth-order valence-electron chi connectivity index (χ4n) is 8.84. The van der Waals surface area contributed by atoms with Gasteiger partial charge in [0.25, 0.3) is 0 Å². The van der Waals surface area contributed by atoms with Crippen LogP contribution in [0.25, 0.3) is 44.4 Å². The summed E-state index contributed by atoms with van der Waals surface area (Å²) in [6, 6.07) is 22.0. The first-order valence-electron chi connectivity index (χ1n) is 18.4. The molecule has 5 atom stereocenters. The number of H-pyrrole nitrogens is 2. The standard InChI is InChI=1S/C41H45N7O3/c1-23(2)35(47-40(50)51-3)39(49)48-22-41(14-15-41)19-34(48)37-42-21-33(45-37)29-11-10-27-16-26(8-9-28(27)17-29)24-4-6-25(7-5-24)32-20-43-38(46-32)36-30-12-13-31(18-30)44-36/h4-11,16-17,20-21,23,30-31,34-36,44H,12-15,18-19,22H2,1-3H3,(H,42,45)(H,43,46)(H,47,50)/t30?,31?,34-,35-,36?/m0/s1. The van der Waals surface area contributed by atoms with Crippen molar-refractivity contribution >= 4 is 22.8 Å². The van der Waals surface area contributed by atoms with E-state index < -0.39 is 12.1 Å². The van der Waals surface area contributed by atoms with Crippen molar-refractivity contribution in [3.8, 4) is 33.6 Å². The third kappa shape index (κ3) is 5.89. The van der Waals surface area contributed by atoms with Crippen LogP contribution in [0.15, 0.2) is 73.1 Å². The number of amides is 2.